The minimum atomic E-state index is 0.0897. The van der Waals surface area contributed by atoms with Gasteiger partial charge in [0.2, 0.25) is 5.89 Å². The van der Waals surface area contributed by atoms with Crippen LogP contribution in [0.1, 0.15) is 38.2 Å². The fourth-order valence-corrected chi connectivity index (χ4v) is 3.55. The molecule has 0 amide bonds. The summed E-state index contributed by atoms with van der Waals surface area (Å²) in [5.41, 5.74) is 7.24. The lowest BCUT2D eigenvalue weighted by atomic mass is 9.92. The molecule has 1 heterocycles. The third-order valence-electron chi connectivity index (χ3n) is 4.68. The zero-order valence-corrected chi connectivity index (χ0v) is 16.5. The highest BCUT2D eigenvalue weighted by Gasteiger charge is 2.18. The van der Waals surface area contributed by atoms with Gasteiger partial charge in [-0.1, -0.05) is 35.5 Å². The van der Waals surface area contributed by atoms with Crippen molar-refractivity contribution in [2.24, 2.45) is 0 Å². The molecule has 0 saturated carbocycles. The summed E-state index contributed by atoms with van der Waals surface area (Å²) in [6.07, 6.45) is 0. The molecule has 0 saturated heterocycles. The Morgan fingerprint density at radius 3 is 2.19 bits per heavy atom. The Kier molecular flexibility index (Phi) is 5.28. The largest absolute Gasteiger partial charge is 0.411 e. The van der Waals surface area contributed by atoms with E-state index in [0.29, 0.717) is 11.1 Å². The van der Waals surface area contributed by atoms with E-state index in [9.17, 15) is 4.79 Å². The van der Waals surface area contributed by atoms with Crippen LogP contribution in [0.4, 0.5) is 0 Å². The van der Waals surface area contributed by atoms with Crippen LogP contribution in [-0.2, 0) is 0 Å². The molecule has 0 spiro atoms. The number of rotatable bonds is 5. The van der Waals surface area contributed by atoms with Crippen molar-refractivity contribution in [2.45, 2.75) is 39.8 Å². The number of hydrogen-bond donors (Lipinski definition) is 0. The summed E-state index contributed by atoms with van der Waals surface area (Å²) < 4.78 is 5.69. The normalized spacial score (nSPS) is 11.0. The number of carbonyl (C=O) groups is 1. The molecule has 3 rings (SSSR count). The molecular weight excluding hydrogens is 344 g/mol. The molecule has 0 fully saturated rings. The van der Waals surface area contributed by atoms with Crippen LogP contribution in [0.2, 0.25) is 0 Å². The standard InChI is InChI=1S/C21H22N2O2S/c1-12-6-8-17(9-7-12)20-22-23-21(25-20)26-11-18(24)19-15(4)13(2)10-14(3)16(19)5/h6-10H,11H2,1-5H3. The minimum Gasteiger partial charge on any atom is -0.411 e. The molecule has 2 aromatic carbocycles. The predicted molar refractivity (Wildman–Crippen MR) is 105 cm³/mol. The molecule has 0 aliphatic carbocycles. The molecule has 0 atom stereocenters. The Hall–Kier alpha value is -2.40. The number of hydrogen-bond acceptors (Lipinski definition) is 5. The van der Waals surface area contributed by atoms with Crippen LogP contribution < -0.4 is 0 Å². The van der Waals surface area contributed by atoms with Crippen molar-refractivity contribution in [1.29, 1.82) is 0 Å². The summed E-state index contributed by atoms with van der Waals surface area (Å²) in [5.74, 6) is 0.839. The number of aryl methyl sites for hydroxylation is 3. The number of nitrogens with zero attached hydrogens (tertiary/aromatic N) is 2. The maximum atomic E-state index is 12.8. The first-order valence-corrected chi connectivity index (χ1v) is 9.49. The van der Waals surface area contributed by atoms with E-state index < -0.39 is 0 Å². The number of Topliss-reactive ketones (excluding diaryl/α,β-unsaturated/α-hetero) is 1. The monoisotopic (exact) mass is 366 g/mol. The van der Waals surface area contributed by atoms with Gasteiger partial charge < -0.3 is 4.42 Å². The van der Waals surface area contributed by atoms with E-state index in [-0.39, 0.29) is 11.5 Å². The number of ketones is 1. The van der Waals surface area contributed by atoms with Gasteiger partial charge in [0, 0.05) is 11.1 Å². The van der Waals surface area contributed by atoms with Gasteiger partial charge in [0.05, 0.1) is 5.75 Å². The van der Waals surface area contributed by atoms with Gasteiger partial charge in [-0.3, -0.25) is 4.79 Å². The molecular formula is C21H22N2O2S. The molecule has 134 valence electrons. The maximum absolute atomic E-state index is 12.8. The third kappa shape index (κ3) is 3.73. The number of aromatic nitrogens is 2. The highest BCUT2D eigenvalue weighted by atomic mass is 32.2. The van der Waals surface area contributed by atoms with E-state index in [2.05, 4.69) is 16.3 Å². The molecule has 5 heteroatoms. The summed E-state index contributed by atoms with van der Waals surface area (Å²) in [4.78, 5) is 12.8. The summed E-state index contributed by atoms with van der Waals surface area (Å²) in [5, 5.41) is 8.55. The lowest BCUT2D eigenvalue weighted by molar-refractivity contribution is 0.102. The van der Waals surface area contributed by atoms with Crippen molar-refractivity contribution < 1.29 is 9.21 Å². The molecule has 0 aliphatic heterocycles. The van der Waals surface area contributed by atoms with Crippen molar-refractivity contribution in [3.8, 4) is 11.5 Å². The lowest BCUT2D eigenvalue weighted by Gasteiger charge is -2.13. The van der Waals surface area contributed by atoms with Gasteiger partial charge in [-0.15, -0.1) is 10.2 Å². The molecule has 0 bridgehead atoms. The molecule has 0 radical (unpaired) electrons. The first kappa shape index (κ1) is 18.4. The molecule has 0 aliphatic rings. The first-order valence-electron chi connectivity index (χ1n) is 8.50. The minimum absolute atomic E-state index is 0.0897. The Morgan fingerprint density at radius 2 is 1.58 bits per heavy atom. The van der Waals surface area contributed by atoms with E-state index >= 15 is 0 Å². The SMILES string of the molecule is Cc1ccc(-c2nnc(SCC(=O)c3c(C)c(C)cc(C)c3C)o2)cc1. The van der Waals surface area contributed by atoms with Crippen molar-refractivity contribution in [1.82, 2.24) is 10.2 Å². The van der Waals surface area contributed by atoms with Gasteiger partial charge >= 0.3 is 0 Å². The van der Waals surface area contributed by atoms with E-state index in [1.807, 2.05) is 58.9 Å². The van der Waals surface area contributed by atoms with Crippen LogP contribution in [0.3, 0.4) is 0 Å². The fraction of sp³-hybridized carbons (Fsp3) is 0.286. The summed E-state index contributed by atoms with van der Waals surface area (Å²) in [6.45, 7) is 10.1. The molecule has 1 aromatic heterocycles. The second-order valence-electron chi connectivity index (χ2n) is 6.59. The summed E-state index contributed by atoms with van der Waals surface area (Å²) in [7, 11) is 0. The molecule has 3 aromatic rings. The van der Waals surface area contributed by atoms with Crippen LogP contribution in [0.15, 0.2) is 40.0 Å². The second kappa shape index (κ2) is 7.46. The van der Waals surface area contributed by atoms with Gasteiger partial charge in [0.1, 0.15) is 0 Å². The second-order valence-corrected chi connectivity index (χ2v) is 7.51. The van der Waals surface area contributed by atoms with Crippen LogP contribution >= 0.6 is 11.8 Å². The van der Waals surface area contributed by atoms with Gasteiger partial charge in [-0.25, -0.2) is 0 Å². The van der Waals surface area contributed by atoms with Gasteiger partial charge in [-0.2, -0.15) is 0 Å². The average Bonchev–Trinajstić information content (AvgIpc) is 3.08. The Bertz CT molecular complexity index is 933. The number of carbonyl (C=O) groups excluding carboxylic acids is 1. The Labute approximate surface area is 158 Å². The van der Waals surface area contributed by atoms with Crippen molar-refractivity contribution in [3.63, 3.8) is 0 Å². The molecule has 0 unspecified atom stereocenters. The first-order chi connectivity index (χ1) is 12.4. The van der Waals surface area contributed by atoms with E-state index in [1.54, 1.807) is 0 Å². The zero-order valence-electron chi connectivity index (χ0n) is 15.7. The van der Waals surface area contributed by atoms with Crippen LogP contribution in [-0.4, -0.2) is 21.7 Å². The smallest absolute Gasteiger partial charge is 0.277 e. The fourth-order valence-electron chi connectivity index (χ4n) is 2.92. The van der Waals surface area contributed by atoms with Crippen LogP contribution in [0, 0.1) is 34.6 Å². The van der Waals surface area contributed by atoms with Crippen molar-refractivity contribution in [3.05, 3.63) is 63.7 Å². The summed E-state index contributed by atoms with van der Waals surface area (Å²) in [6, 6.07) is 10.0. The predicted octanol–water partition coefficient (Wildman–Crippen LogP) is 5.25. The van der Waals surface area contributed by atoms with Gasteiger partial charge in [-0.05, 0) is 69.0 Å². The topological polar surface area (TPSA) is 56.0 Å². The van der Waals surface area contributed by atoms with Gasteiger partial charge in [0.25, 0.3) is 5.22 Å². The maximum Gasteiger partial charge on any atom is 0.277 e. The highest BCUT2D eigenvalue weighted by Crippen LogP contribution is 2.27. The Balaban J connectivity index is 1.74. The van der Waals surface area contributed by atoms with E-state index in [0.717, 1.165) is 33.4 Å². The third-order valence-corrected chi connectivity index (χ3v) is 5.50. The zero-order chi connectivity index (χ0) is 18.8. The van der Waals surface area contributed by atoms with Crippen molar-refractivity contribution in [2.75, 3.05) is 5.75 Å². The number of thioether (sulfide) groups is 1. The van der Waals surface area contributed by atoms with E-state index in [4.69, 9.17) is 4.42 Å². The number of benzene rings is 2. The van der Waals surface area contributed by atoms with Crippen LogP contribution in [0.5, 0.6) is 0 Å². The van der Waals surface area contributed by atoms with Gasteiger partial charge in [0.15, 0.2) is 5.78 Å². The Morgan fingerprint density at radius 1 is 0.962 bits per heavy atom. The molecule has 4 nitrogen and oxygen atoms in total. The summed E-state index contributed by atoms with van der Waals surface area (Å²) >= 11 is 1.28. The lowest BCUT2D eigenvalue weighted by Crippen LogP contribution is -2.10. The molecule has 0 N–H and O–H groups in total. The quantitative estimate of drug-likeness (QED) is 0.456. The van der Waals surface area contributed by atoms with Crippen molar-refractivity contribution >= 4 is 17.5 Å². The molecule has 26 heavy (non-hydrogen) atoms. The van der Waals surface area contributed by atoms with Crippen LogP contribution in [0.25, 0.3) is 11.5 Å². The average molecular weight is 366 g/mol. The highest BCUT2D eigenvalue weighted by molar-refractivity contribution is 7.99. The van der Waals surface area contributed by atoms with E-state index in [1.165, 1.54) is 17.3 Å².